The fraction of sp³-hybridized carbons (Fsp3) is 0.556. The molecule has 132 valence electrons. The van der Waals surface area contributed by atoms with Gasteiger partial charge in [0.05, 0.1) is 19.7 Å². The lowest BCUT2D eigenvalue weighted by atomic mass is 10.2. The second-order valence-corrected chi connectivity index (χ2v) is 6.26. The van der Waals surface area contributed by atoms with Crippen molar-refractivity contribution in [2.45, 2.75) is 38.8 Å². The number of carbonyl (C=O) groups excluding carboxylic acids is 2. The van der Waals surface area contributed by atoms with Crippen LogP contribution in [-0.2, 0) is 16.1 Å². The van der Waals surface area contributed by atoms with Crippen molar-refractivity contribution < 1.29 is 19.2 Å². The Morgan fingerprint density at radius 2 is 1.88 bits per heavy atom. The second kappa shape index (κ2) is 9.27. The highest BCUT2D eigenvalue weighted by Gasteiger charge is 2.34. The number of hydrogen-bond acceptors (Lipinski definition) is 3. The highest BCUT2D eigenvalue weighted by atomic mass is 16.5. The van der Waals surface area contributed by atoms with Crippen LogP contribution in [-0.4, -0.2) is 44.6 Å². The predicted octanol–water partition coefficient (Wildman–Crippen LogP) is -0.115. The summed E-state index contributed by atoms with van der Waals surface area (Å²) in [5.74, 6) is 0.632. The van der Waals surface area contributed by atoms with E-state index in [0.717, 1.165) is 31.6 Å². The van der Waals surface area contributed by atoms with E-state index in [9.17, 15) is 9.59 Å². The number of benzene rings is 1. The van der Waals surface area contributed by atoms with E-state index >= 15 is 0 Å². The van der Waals surface area contributed by atoms with Gasteiger partial charge in [0, 0.05) is 24.9 Å². The number of carbonyl (C=O) groups is 2. The number of quaternary nitrogens is 1. The van der Waals surface area contributed by atoms with E-state index in [0.29, 0.717) is 19.1 Å². The quantitative estimate of drug-likeness (QED) is 0.559. The van der Waals surface area contributed by atoms with Gasteiger partial charge in [-0.05, 0) is 30.7 Å². The molecule has 0 radical (unpaired) electrons. The fourth-order valence-electron chi connectivity index (χ4n) is 2.62. The molecule has 6 nitrogen and oxygen atoms in total. The zero-order valence-electron chi connectivity index (χ0n) is 14.6. The Morgan fingerprint density at radius 3 is 2.46 bits per heavy atom. The molecule has 1 aliphatic rings. The first kappa shape index (κ1) is 18.3. The number of rotatable bonds is 10. The van der Waals surface area contributed by atoms with Crippen molar-refractivity contribution in [2.75, 3.05) is 26.7 Å². The van der Waals surface area contributed by atoms with E-state index in [1.807, 2.05) is 31.2 Å². The summed E-state index contributed by atoms with van der Waals surface area (Å²) >= 11 is 0. The third-order valence-corrected chi connectivity index (χ3v) is 4.15. The maximum absolute atomic E-state index is 12.1. The van der Waals surface area contributed by atoms with E-state index < -0.39 is 0 Å². The van der Waals surface area contributed by atoms with Gasteiger partial charge in [0.1, 0.15) is 12.3 Å². The van der Waals surface area contributed by atoms with Crippen LogP contribution >= 0.6 is 0 Å². The lowest BCUT2D eigenvalue weighted by Gasteiger charge is -2.19. The van der Waals surface area contributed by atoms with Crippen LogP contribution in [0.5, 0.6) is 5.75 Å². The van der Waals surface area contributed by atoms with E-state index in [1.165, 1.54) is 10.5 Å². The third-order valence-electron chi connectivity index (χ3n) is 4.15. The van der Waals surface area contributed by atoms with Crippen LogP contribution < -0.4 is 20.3 Å². The van der Waals surface area contributed by atoms with Crippen LogP contribution in [0.15, 0.2) is 24.3 Å². The van der Waals surface area contributed by atoms with Crippen molar-refractivity contribution in [1.29, 1.82) is 0 Å². The Bertz CT molecular complexity index is 541. The highest BCUT2D eigenvalue weighted by Crippen LogP contribution is 2.16. The molecule has 0 bridgehead atoms. The normalized spacial score (nSPS) is 14.8. The molecular weight excluding hydrogens is 306 g/mol. The summed E-state index contributed by atoms with van der Waals surface area (Å²) in [5.41, 5.74) is 1.19. The van der Waals surface area contributed by atoms with Crippen LogP contribution in [0.3, 0.4) is 0 Å². The molecule has 0 saturated heterocycles. The largest absolute Gasteiger partial charge is 0.497 e. The molecule has 0 aromatic heterocycles. The molecule has 2 amide bonds. The zero-order valence-corrected chi connectivity index (χ0v) is 14.6. The Kier molecular flexibility index (Phi) is 7.06. The first-order valence-electron chi connectivity index (χ1n) is 8.63. The molecule has 2 rings (SSSR count). The van der Waals surface area contributed by atoms with Gasteiger partial charge in [0.25, 0.3) is 5.91 Å². The van der Waals surface area contributed by atoms with Crippen LogP contribution in [0.2, 0.25) is 0 Å². The number of amides is 2. The van der Waals surface area contributed by atoms with Crippen molar-refractivity contribution in [3.8, 4) is 5.75 Å². The molecule has 1 fully saturated rings. The van der Waals surface area contributed by atoms with E-state index in [4.69, 9.17) is 4.74 Å². The van der Waals surface area contributed by atoms with Gasteiger partial charge in [0.15, 0.2) is 6.54 Å². The molecule has 1 aromatic carbocycles. The average Bonchev–Trinajstić information content (AvgIpc) is 3.43. The second-order valence-electron chi connectivity index (χ2n) is 6.26. The maximum atomic E-state index is 12.1. The molecule has 24 heavy (non-hydrogen) atoms. The summed E-state index contributed by atoms with van der Waals surface area (Å²) in [6, 6.07) is 8.51. The summed E-state index contributed by atoms with van der Waals surface area (Å²) in [6.07, 6.45) is 3.21. The molecule has 1 aromatic rings. The molecule has 1 saturated carbocycles. The number of ether oxygens (including phenoxy) is 1. The van der Waals surface area contributed by atoms with Crippen LogP contribution in [0.25, 0.3) is 0 Å². The van der Waals surface area contributed by atoms with Gasteiger partial charge in [-0.1, -0.05) is 6.92 Å². The van der Waals surface area contributed by atoms with Crippen molar-refractivity contribution in [2.24, 2.45) is 0 Å². The molecule has 1 unspecified atom stereocenters. The van der Waals surface area contributed by atoms with Gasteiger partial charge in [-0.2, -0.15) is 0 Å². The molecular formula is C18H28N3O3+. The Balaban J connectivity index is 1.80. The van der Waals surface area contributed by atoms with Gasteiger partial charge in [-0.25, -0.2) is 0 Å². The Hall–Kier alpha value is -2.08. The molecule has 6 heteroatoms. The summed E-state index contributed by atoms with van der Waals surface area (Å²) in [6.45, 7) is 3.90. The standard InChI is InChI=1S/C18H27N3O3/c1-3-10-19-17(22)11-20-18(23)13-21(15-6-7-15)12-14-4-8-16(24-2)9-5-14/h4-5,8-9,15H,3,6-7,10-13H2,1-2H3,(H,19,22)(H,20,23)/p+1. The van der Waals surface area contributed by atoms with Crippen molar-refractivity contribution in [1.82, 2.24) is 10.6 Å². The first-order chi connectivity index (χ1) is 11.6. The number of nitrogens with one attached hydrogen (secondary N) is 3. The number of hydrogen-bond donors (Lipinski definition) is 3. The van der Waals surface area contributed by atoms with Crippen molar-refractivity contribution >= 4 is 11.8 Å². The van der Waals surface area contributed by atoms with Gasteiger partial charge in [-0.3, -0.25) is 9.59 Å². The SMILES string of the molecule is CCCNC(=O)CNC(=O)C[NH+](Cc1ccc(OC)cc1)C1CC1. The summed E-state index contributed by atoms with van der Waals surface area (Å²) in [7, 11) is 1.65. The molecule has 3 N–H and O–H groups in total. The first-order valence-corrected chi connectivity index (χ1v) is 8.63. The van der Waals surface area contributed by atoms with E-state index in [1.54, 1.807) is 7.11 Å². The molecule has 0 aliphatic heterocycles. The average molecular weight is 334 g/mol. The topological polar surface area (TPSA) is 71.9 Å². The van der Waals surface area contributed by atoms with Gasteiger partial charge in [-0.15, -0.1) is 0 Å². The fourth-order valence-corrected chi connectivity index (χ4v) is 2.62. The van der Waals surface area contributed by atoms with E-state index in [-0.39, 0.29) is 18.4 Å². The van der Waals surface area contributed by atoms with Crippen LogP contribution in [0.4, 0.5) is 0 Å². The third kappa shape index (κ3) is 6.20. The molecule has 0 heterocycles. The van der Waals surface area contributed by atoms with Crippen LogP contribution in [0.1, 0.15) is 31.7 Å². The number of methoxy groups -OCH3 is 1. The Labute approximate surface area is 143 Å². The van der Waals surface area contributed by atoms with Gasteiger partial charge >= 0.3 is 0 Å². The summed E-state index contributed by atoms with van der Waals surface area (Å²) in [5, 5.41) is 5.47. The monoisotopic (exact) mass is 334 g/mol. The maximum Gasteiger partial charge on any atom is 0.275 e. The summed E-state index contributed by atoms with van der Waals surface area (Å²) in [4.78, 5) is 24.9. The zero-order chi connectivity index (χ0) is 17.4. The lowest BCUT2D eigenvalue weighted by molar-refractivity contribution is -0.917. The summed E-state index contributed by atoms with van der Waals surface area (Å²) < 4.78 is 5.17. The Morgan fingerprint density at radius 1 is 1.17 bits per heavy atom. The molecule has 1 aliphatic carbocycles. The molecule has 1 atom stereocenters. The van der Waals surface area contributed by atoms with Crippen molar-refractivity contribution in [3.05, 3.63) is 29.8 Å². The van der Waals surface area contributed by atoms with Gasteiger partial charge in [0.2, 0.25) is 5.91 Å². The predicted molar refractivity (Wildman–Crippen MR) is 91.9 cm³/mol. The smallest absolute Gasteiger partial charge is 0.275 e. The minimum absolute atomic E-state index is 0.0549. The minimum Gasteiger partial charge on any atom is -0.497 e. The van der Waals surface area contributed by atoms with E-state index in [2.05, 4.69) is 10.6 Å². The highest BCUT2D eigenvalue weighted by molar-refractivity contribution is 5.84. The van der Waals surface area contributed by atoms with Gasteiger partial charge < -0.3 is 20.3 Å². The van der Waals surface area contributed by atoms with Crippen LogP contribution in [0, 0.1) is 0 Å². The molecule has 0 spiro atoms. The van der Waals surface area contributed by atoms with Crippen molar-refractivity contribution in [3.63, 3.8) is 0 Å². The minimum atomic E-state index is -0.131. The lowest BCUT2D eigenvalue weighted by Crippen LogP contribution is -3.13.